The third-order valence-corrected chi connectivity index (χ3v) is 6.76. The number of sulfonamides is 1. The second-order valence-corrected chi connectivity index (χ2v) is 10.2. The van der Waals surface area contributed by atoms with E-state index >= 15 is 0 Å². The lowest BCUT2D eigenvalue weighted by Crippen LogP contribution is -2.50. The Morgan fingerprint density at radius 3 is 2.35 bits per heavy atom. The van der Waals surface area contributed by atoms with E-state index in [1.807, 2.05) is 18.2 Å². The van der Waals surface area contributed by atoms with Crippen molar-refractivity contribution in [1.29, 1.82) is 0 Å². The first kappa shape index (κ1) is 24.0. The normalized spacial score (nSPS) is 27.4. The molecule has 1 saturated carbocycles. The Balaban J connectivity index is 1.59. The van der Waals surface area contributed by atoms with E-state index in [-0.39, 0.29) is 25.7 Å². The second kappa shape index (κ2) is 9.87. The van der Waals surface area contributed by atoms with Crippen molar-refractivity contribution >= 4 is 15.9 Å². The molecule has 0 radical (unpaired) electrons. The second-order valence-electron chi connectivity index (χ2n) is 8.45. The van der Waals surface area contributed by atoms with Crippen LogP contribution >= 0.6 is 0 Å². The van der Waals surface area contributed by atoms with E-state index in [1.165, 1.54) is 5.56 Å². The summed E-state index contributed by atoms with van der Waals surface area (Å²) in [6.07, 6.45) is -1.46. The van der Waals surface area contributed by atoms with E-state index in [2.05, 4.69) is 16.9 Å². The third kappa shape index (κ3) is 7.18. The van der Waals surface area contributed by atoms with Gasteiger partial charge in [0.25, 0.3) is 0 Å². The Hall–Kier alpha value is -1.65. The lowest BCUT2D eigenvalue weighted by atomic mass is 9.83. The largest absolute Gasteiger partial charge is 0.397 e. The SMILES string of the molecule is CS(=O)(=O)N[C@H]1CCN(C(=O)CC(F)(F)F)C1COC1CCC(c2ccccc2)CC1. The minimum absolute atomic E-state index is 0.0114. The number of hydrogen-bond acceptors (Lipinski definition) is 4. The summed E-state index contributed by atoms with van der Waals surface area (Å²) in [5.41, 5.74) is 1.29. The molecular weight excluding hydrogens is 433 g/mol. The Bertz CT molecular complexity index is 840. The van der Waals surface area contributed by atoms with E-state index < -0.39 is 40.6 Å². The van der Waals surface area contributed by atoms with E-state index in [0.717, 1.165) is 36.8 Å². The molecule has 1 N–H and O–H groups in total. The Morgan fingerprint density at radius 1 is 1.13 bits per heavy atom. The molecule has 2 fully saturated rings. The van der Waals surface area contributed by atoms with Crippen LogP contribution in [0.15, 0.2) is 30.3 Å². The van der Waals surface area contributed by atoms with Crippen LogP contribution in [0.25, 0.3) is 0 Å². The molecule has 10 heteroatoms. The summed E-state index contributed by atoms with van der Waals surface area (Å²) >= 11 is 0. The van der Waals surface area contributed by atoms with Crippen molar-refractivity contribution in [3.8, 4) is 0 Å². The van der Waals surface area contributed by atoms with Crippen molar-refractivity contribution in [2.75, 3.05) is 19.4 Å². The number of carbonyl (C=O) groups excluding carboxylic acids is 1. The number of nitrogens with zero attached hydrogens (tertiary/aromatic N) is 1. The summed E-state index contributed by atoms with van der Waals surface area (Å²) in [7, 11) is -3.57. The van der Waals surface area contributed by atoms with Gasteiger partial charge >= 0.3 is 6.18 Å². The van der Waals surface area contributed by atoms with Gasteiger partial charge < -0.3 is 9.64 Å². The van der Waals surface area contributed by atoms with Gasteiger partial charge in [-0.1, -0.05) is 30.3 Å². The highest BCUT2D eigenvalue weighted by Gasteiger charge is 2.42. The molecule has 174 valence electrons. The van der Waals surface area contributed by atoms with Gasteiger partial charge in [0.2, 0.25) is 15.9 Å². The Kier molecular flexibility index (Phi) is 7.64. The lowest BCUT2D eigenvalue weighted by molar-refractivity contribution is -0.163. The Labute approximate surface area is 181 Å². The van der Waals surface area contributed by atoms with Gasteiger partial charge in [-0.05, 0) is 43.6 Å². The molecule has 1 aliphatic heterocycles. The van der Waals surface area contributed by atoms with Gasteiger partial charge in [0.05, 0.1) is 25.0 Å². The number of benzene rings is 1. The molecule has 2 atom stereocenters. The summed E-state index contributed by atoms with van der Waals surface area (Å²) in [5.74, 6) is -0.594. The average Bonchev–Trinajstić information content (AvgIpc) is 3.07. The number of alkyl halides is 3. The summed E-state index contributed by atoms with van der Waals surface area (Å²) < 4.78 is 70.0. The van der Waals surface area contributed by atoms with E-state index in [0.29, 0.717) is 5.92 Å². The van der Waals surface area contributed by atoms with Crippen LogP contribution in [-0.4, -0.2) is 63.0 Å². The number of nitrogens with one attached hydrogen (secondary N) is 1. The first-order valence-electron chi connectivity index (χ1n) is 10.5. The zero-order valence-electron chi connectivity index (χ0n) is 17.5. The minimum atomic E-state index is -4.61. The van der Waals surface area contributed by atoms with Crippen LogP contribution in [0.1, 0.15) is 50.0 Å². The van der Waals surface area contributed by atoms with Gasteiger partial charge in [-0.2, -0.15) is 13.2 Å². The number of likely N-dealkylation sites (tertiary alicyclic amines) is 1. The molecular formula is C21H29F3N2O4S. The molecule has 1 aromatic carbocycles. The molecule has 1 aliphatic carbocycles. The first-order chi connectivity index (χ1) is 14.5. The maximum absolute atomic E-state index is 12.7. The van der Waals surface area contributed by atoms with Gasteiger partial charge in [-0.25, -0.2) is 13.1 Å². The van der Waals surface area contributed by atoms with Crippen molar-refractivity contribution in [3.05, 3.63) is 35.9 Å². The van der Waals surface area contributed by atoms with Crippen LogP contribution in [-0.2, 0) is 19.6 Å². The van der Waals surface area contributed by atoms with Crippen molar-refractivity contribution < 1.29 is 31.1 Å². The zero-order valence-corrected chi connectivity index (χ0v) is 18.3. The summed E-state index contributed by atoms with van der Waals surface area (Å²) in [5, 5.41) is 0. The highest BCUT2D eigenvalue weighted by molar-refractivity contribution is 7.88. The molecule has 1 aromatic rings. The molecule has 1 heterocycles. The molecule has 1 saturated heterocycles. The molecule has 1 amide bonds. The monoisotopic (exact) mass is 462 g/mol. The van der Waals surface area contributed by atoms with Crippen molar-refractivity contribution in [1.82, 2.24) is 9.62 Å². The highest BCUT2D eigenvalue weighted by atomic mass is 32.2. The Morgan fingerprint density at radius 2 is 1.77 bits per heavy atom. The van der Waals surface area contributed by atoms with Crippen LogP contribution in [0.4, 0.5) is 13.2 Å². The molecule has 1 unspecified atom stereocenters. The van der Waals surface area contributed by atoms with Crippen molar-refractivity contribution in [2.24, 2.45) is 0 Å². The standard InChI is InChI=1S/C21H29F3N2O4S/c1-31(28,29)25-18-11-12-26(20(27)13-21(22,23)24)19(18)14-30-17-9-7-16(8-10-17)15-5-3-2-4-6-15/h2-6,16-19,25H,7-14H2,1H3/t16?,17?,18-,19?/m0/s1. The van der Waals surface area contributed by atoms with E-state index in [9.17, 15) is 26.4 Å². The topological polar surface area (TPSA) is 75.7 Å². The molecule has 6 nitrogen and oxygen atoms in total. The van der Waals surface area contributed by atoms with E-state index in [4.69, 9.17) is 4.74 Å². The summed E-state index contributed by atoms with van der Waals surface area (Å²) in [6.45, 7) is 0.0777. The maximum atomic E-state index is 12.7. The molecule has 0 aromatic heterocycles. The molecule has 0 spiro atoms. The fourth-order valence-electron chi connectivity index (χ4n) is 4.58. The summed E-state index contributed by atoms with van der Waals surface area (Å²) in [6, 6.07) is 8.81. The summed E-state index contributed by atoms with van der Waals surface area (Å²) in [4.78, 5) is 13.3. The van der Waals surface area contributed by atoms with Crippen LogP contribution in [0, 0.1) is 0 Å². The van der Waals surface area contributed by atoms with Gasteiger partial charge in [-0.3, -0.25) is 4.79 Å². The van der Waals surface area contributed by atoms with Crippen LogP contribution in [0.5, 0.6) is 0 Å². The van der Waals surface area contributed by atoms with E-state index in [1.54, 1.807) is 0 Å². The zero-order chi connectivity index (χ0) is 22.6. The van der Waals surface area contributed by atoms with Crippen LogP contribution in [0.3, 0.4) is 0 Å². The van der Waals surface area contributed by atoms with Gasteiger partial charge in [-0.15, -0.1) is 0 Å². The third-order valence-electron chi connectivity index (χ3n) is 6.03. The smallest absolute Gasteiger partial charge is 0.376 e. The number of hydrogen-bond donors (Lipinski definition) is 1. The average molecular weight is 463 g/mol. The number of ether oxygens (including phenoxy) is 1. The maximum Gasteiger partial charge on any atom is 0.397 e. The molecule has 31 heavy (non-hydrogen) atoms. The lowest BCUT2D eigenvalue weighted by Gasteiger charge is -2.33. The van der Waals surface area contributed by atoms with Gasteiger partial charge in [0.15, 0.2) is 0 Å². The molecule has 3 rings (SSSR count). The van der Waals surface area contributed by atoms with Crippen molar-refractivity contribution in [3.63, 3.8) is 0 Å². The fourth-order valence-corrected chi connectivity index (χ4v) is 5.40. The van der Waals surface area contributed by atoms with Crippen molar-refractivity contribution in [2.45, 2.75) is 68.8 Å². The van der Waals surface area contributed by atoms with Crippen LogP contribution < -0.4 is 4.72 Å². The highest BCUT2D eigenvalue weighted by Crippen LogP contribution is 2.34. The minimum Gasteiger partial charge on any atom is -0.376 e. The first-order valence-corrected chi connectivity index (χ1v) is 12.4. The van der Waals surface area contributed by atoms with Gasteiger partial charge in [0, 0.05) is 12.6 Å². The predicted octanol–water partition coefficient (Wildman–Crippen LogP) is 3.20. The molecule has 0 bridgehead atoms. The quantitative estimate of drug-likeness (QED) is 0.675. The number of amides is 1. The number of halogens is 3. The fraction of sp³-hybridized carbons (Fsp3) is 0.667. The number of rotatable bonds is 7. The number of carbonyl (C=O) groups is 1. The predicted molar refractivity (Wildman–Crippen MR) is 110 cm³/mol. The molecule has 2 aliphatic rings. The van der Waals surface area contributed by atoms with Crippen LogP contribution in [0.2, 0.25) is 0 Å². The van der Waals surface area contributed by atoms with Gasteiger partial charge in [0.1, 0.15) is 6.42 Å².